The van der Waals surface area contributed by atoms with Gasteiger partial charge in [0, 0.05) is 17.1 Å². The topological polar surface area (TPSA) is 67.4 Å². The summed E-state index contributed by atoms with van der Waals surface area (Å²) in [6.07, 6.45) is 0.150. The first-order chi connectivity index (χ1) is 12.5. The third kappa shape index (κ3) is 6.40. The van der Waals surface area contributed by atoms with Crippen molar-refractivity contribution in [3.8, 4) is 5.75 Å². The Morgan fingerprint density at radius 1 is 1.08 bits per heavy atom. The monoisotopic (exact) mass is 376 g/mol. The van der Waals surface area contributed by atoms with Gasteiger partial charge in [-0.2, -0.15) is 0 Å². The van der Waals surface area contributed by atoms with Crippen molar-refractivity contribution in [3.05, 3.63) is 59.4 Å². The van der Waals surface area contributed by atoms with Crippen molar-refractivity contribution in [2.45, 2.75) is 25.2 Å². The van der Waals surface area contributed by atoms with E-state index in [9.17, 15) is 14.0 Å². The van der Waals surface area contributed by atoms with Crippen molar-refractivity contribution < 1.29 is 18.7 Å². The van der Waals surface area contributed by atoms with Crippen LogP contribution < -0.4 is 15.6 Å². The summed E-state index contributed by atoms with van der Waals surface area (Å²) in [4.78, 5) is 24.0. The number of thioether (sulfide) groups is 1. The second-order valence-electron chi connectivity index (χ2n) is 5.68. The van der Waals surface area contributed by atoms with Crippen molar-refractivity contribution in [1.82, 2.24) is 10.9 Å². The molecule has 0 saturated carbocycles. The molecule has 0 heterocycles. The number of ether oxygens (including phenoxy) is 1. The lowest BCUT2D eigenvalue weighted by molar-refractivity contribution is -0.129. The highest BCUT2D eigenvalue weighted by Crippen LogP contribution is 2.21. The first kappa shape index (κ1) is 19.8. The third-order valence-electron chi connectivity index (χ3n) is 3.47. The predicted octanol–water partition coefficient (Wildman–Crippen LogP) is 3.15. The molecule has 2 aromatic carbocycles. The standard InChI is InChI=1S/C19H21FN2O3S/c1-13-7-8-14(2)16(11-13)25-12-19(24)22-21-18(23)9-10-26-17-6-4-3-5-15(17)20/h3-8,11H,9-10,12H2,1-2H3,(H,21,23)(H,22,24). The van der Waals surface area contributed by atoms with Crippen LogP contribution in [0.1, 0.15) is 17.5 Å². The highest BCUT2D eigenvalue weighted by Gasteiger charge is 2.08. The summed E-state index contributed by atoms with van der Waals surface area (Å²) in [5, 5.41) is 0. The van der Waals surface area contributed by atoms with Gasteiger partial charge in [0.15, 0.2) is 6.61 Å². The molecule has 7 heteroatoms. The Kier molecular flexibility index (Phi) is 7.47. The maximum atomic E-state index is 13.5. The van der Waals surface area contributed by atoms with Crippen LogP contribution in [0.5, 0.6) is 5.75 Å². The van der Waals surface area contributed by atoms with E-state index in [-0.39, 0.29) is 24.8 Å². The zero-order valence-electron chi connectivity index (χ0n) is 14.7. The first-order valence-electron chi connectivity index (χ1n) is 8.11. The van der Waals surface area contributed by atoms with Gasteiger partial charge < -0.3 is 4.74 Å². The molecule has 5 nitrogen and oxygen atoms in total. The Morgan fingerprint density at radius 2 is 1.81 bits per heavy atom. The van der Waals surface area contributed by atoms with E-state index in [1.54, 1.807) is 18.2 Å². The maximum absolute atomic E-state index is 13.5. The molecule has 0 saturated heterocycles. The number of halogens is 1. The summed E-state index contributed by atoms with van der Waals surface area (Å²) in [5.41, 5.74) is 6.58. The first-order valence-corrected chi connectivity index (χ1v) is 9.09. The fraction of sp³-hybridized carbons (Fsp3) is 0.263. The Morgan fingerprint density at radius 3 is 2.58 bits per heavy atom. The third-order valence-corrected chi connectivity index (χ3v) is 4.52. The maximum Gasteiger partial charge on any atom is 0.276 e. The average molecular weight is 376 g/mol. The number of amides is 2. The largest absolute Gasteiger partial charge is 0.483 e. The van der Waals surface area contributed by atoms with E-state index in [0.717, 1.165) is 11.1 Å². The zero-order valence-corrected chi connectivity index (χ0v) is 15.5. The number of carbonyl (C=O) groups is 2. The molecule has 0 spiro atoms. The molecule has 0 radical (unpaired) electrons. The van der Waals surface area contributed by atoms with Gasteiger partial charge in [-0.1, -0.05) is 24.3 Å². The summed E-state index contributed by atoms with van der Waals surface area (Å²) >= 11 is 1.25. The summed E-state index contributed by atoms with van der Waals surface area (Å²) in [5.74, 6) is -0.0840. The van der Waals surface area contributed by atoms with Crippen LogP contribution in [-0.2, 0) is 9.59 Å². The zero-order chi connectivity index (χ0) is 18.9. The van der Waals surface area contributed by atoms with Gasteiger partial charge in [0.25, 0.3) is 5.91 Å². The summed E-state index contributed by atoms with van der Waals surface area (Å²) in [6, 6.07) is 12.1. The molecule has 0 aliphatic carbocycles. The Balaban J connectivity index is 1.66. The van der Waals surface area contributed by atoms with Gasteiger partial charge in [-0.05, 0) is 43.2 Å². The van der Waals surface area contributed by atoms with Crippen molar-refractivity contribution in [1.29, 1.82) is 0 Å². The fourth-order valence-corrected chi connectivity index (χ4v) is 2.95. The lowest BCUT2D eigenvalue weighted by Crippen LogP contribution is -2.43. The molecule has 0 aromatic heterocycles. The van der Waals surface area contributed by atoms with Gasteiger partial charge >= 0.3 is 0 Å². The number of hydrazine groups is 1. The molecular weight excluding hydrogens is 355 g/mol. The van der Waals surface area contributed by atoms with Crippen LogP contribution in [0.25, 0.3) is 0 Å². The molecule has 0 atom stereocenters. The minimum Gasteiger partial charge on any atom is -0.483 e. The molecule has 2 rings (SSSR count). The minimum absolute atomic E-state index is 0.150. The predicted molar refractivity (Wildman–Crippen MR) is 99.4 cm³/mol. The van der Waals surface area contributed by atoms with Crippen LogP contribution in [0, 0.1) is 19.7 Å². The fourth-order valence-electron chi connectivity index (χ4n) is 2.06. The number of hydrogen-bond donors (Lipinski definition) is 2. The van der Waals surface area contributed by atoms with Crippen LogP contribution in [0.3, 0.4) is 0 Å². The van der Waals surface area contributed by atoms with Crippen molar-refractivity contribution >= 4 is 23.6 Å². The van der Waals surface area contributed by atoms with Gasteiger partial charge in [-0.15, -0.1) is 11.8 Å². The molecule has 2 amide bonds. The molecule has 26 heavy (non-hydrogen) atoms. The van der Waals surface area contributed by atoms with Crippen LogP contribution in [0.4, 0.5) is 4.39 Å². The van der Waals surface area contributed by atoms with Gasteiger partial charge in [-0.3, -0.25) is 20.4 Å². The lowest BCUT2D eigenvalue weighted by Gasteiger charge is -2.11. The number of benzene rings is 2. The van der Waals surface area contributed by atoms with Crippen LogP contribution >= 0.6 is 11.8 Å². The SMILES string of the molecule is Cc1ccc(C)c(OCC(=O)NNC(=O)CCSc2ccccc2F)c1. The Bertz CT molecular complexity index is 783. The molecule has 138 valence electrons. The number of carbonyl (C=O) groups excluding carboxylic acids is 2. The number of nitrogens with one attached hydrogen (secondary N) is 2. The average Bonchev–Trinajstić information content (AvgIpc) is 2.62. The van der Waals surface area contributed by atoms with Gasteiger partial charge in [-0.25, -0.2) is 4.39 Å². The molecule has 0 bridgehead atoms. The normalized spacial score (nSPS) is 10.3. The number of aryl methyl sites for hydroxylation is 2. The van der Waals surface area contributed by atoms with E-state index in [4.69, 9.17) is 4.74 Å². The van der Waals surface area contributed by atoms with Crippen LogP contribution in [0.15, 0.2) is 47.4 Å². The summed E-state index contributed by atoms with van der Waals surface area (Å²) < 4.78 is 18.9. The van der Waals surface area contributed by atoms with Gasteiger partial charge in [0.2, 0.25) is 5.91 Å². The second-order valence-corrected chi connectivity index (χ2v) is 6.82. The number of rotatable bonds is 7. The molecule has 2 N–H and O–H groups in total. The highest BCUT2D eigenvalue weighted by molar-refractivity contribution is 7.99. The molecular formula is C19H21FN2O3S. The Labute approximate surface area is 156 Å². The smallest absolute Gasteiger partial charge is 0.276 e. The van der Waals surface area contributed by atoms with Gasteiger partial charge in [0.1, 0.15) is 11.6 Å². The summed E-state index contributed by atoms with van der Waals surface area (Å²) in [6.45, 7) is 3.63. The van der Waals surface area contributed by atoms with E-state index >= 15 is 0 Å². The van der Waals surface area contributed by atoms with Crippen LogP contribution in [0.2, 0.25) is 0 Å². The lowest BCUT2D eigenvalue weighted by atomic mass is 10.1. The number of hydrogen-bond acceptors (Lipinski definition) is 4. The van der Waals surface area contributed by atoms with E-state index in [0.29, 0.717) is 16.4 Å². The quantitative estimate of drug-likeness (QED) is 0.575. The molecule has 0 aliphatic heterocycles. The van der Waals surface area contributed by atoms with Crippen molar-refractivity contribution in [2.24, 2.45) is 0 Å². The Hall–Kier alpha value is -2.54. The molecule has 0 fully saturated rings. The van der Waals surface area contributed by atoms with Gasteiger partial charge in [0.05, 0.1) is 0 Å². The van der Waals surface area contributed by atoms with Crippen LogP contribution in [-0.4, -0.2) is 24.2 Å². The molecule has 2 aromatic rings. The van der Waals surface area contributed by atoms with Crippen molar-refractivity contribution in [3.63, 3.8) is 0 Å². The highest BCUT2D eigenvalue weighted by atomic mass is 32.2. The van der Waals surface area contributed by atoms with E-state index < -0.39 is 5.91 Å². The second kappa shape index (κ2) is 9.82. The van der Waals surface area contributed by atoms with Crippen molar-refractivity contribution in [2.75, 3.05) is 12.4 Å². The molecule has 0 aliphatic rings. The minimum atomic E-state index is -0.457. The summed E-state index contributed by atoms with van der Waals surface area (Å²) in [7, 11) is 0. The molecule has 0 unspecified atom stereocenters. The van der Waals surface area contributed by atoms with E-state index in [1.807, 2.05) is 32.0 Å². The van der Waals surface area contributed by atoms with E-state index in [2.05, 4.69) is 10.9 Å². The van der Waals surface area contributed by atoms with E-state index in [1.165, 1.54) is 17.8 Å².